The molecule has 3 aromatic rings. The Balaban J connectivity index is 1.41. The molecule has 0 aliphatic rings. The van der Waals surface area contributed by atoms with Crippen molar-refractivity contribution in [3.63, 3.8) is 0 Å². The van der Waals surface area contributed by atoms with E-state index in [1.807, 2.05) is 30.3 Å². The average molecular weight is 381 g/mol. The molecule has 0 radical (unpaired) electrons. The van der Waals surface area contributed by atoms with Crippen molar-refractivity contribution >= 4 is 22.8 Å². The van der Waals surface area contributed by atoms with Gasteiger partial charge in [0.1, 0.15) is 18.9 Å². The van der Waals surface area contributed by atoms with Gasteiger partial charge in [-0.05, 0) is 24.3 Å². The van der Waals surface area contributed by atoms with E-state index in [0.29, 0.717) is 23.3 Å². The largest absolute Gasteiger partial charge is 0.492 e. The minimum absolute atomic E-state index is 0.277. The van der Waals surface area contributed by atoms with E-state index in [-0.39, 0.29) is 18.6 Å². The molecule has 0 saturated carbocycles. The minimum atomic E-state index is -0.699. The predicted octanol–water partition coefficient (Wildman–Crippen LogP) is 1.13. The molecule has 8 nitrogen and oxygen atoms in total. The van der Waals surface area contributed by atoms with Gasteiger partial charge in [-0.2, -0.15) is 0 Å². The summed E-state index contributed by atoms with van der Waals surface area (Å²) in [4.78, 5) is 40.1. The van der Waals surface area contributed by atoms with Crippen molar-refractivity contribution in [2.24, 2.45) is 0 Å². The Morgan fingerprint density at radius 3 is 2.61 bits per heavy atom. The summed E-state index contributed by atoms with van der Waals surface area (Å²) in [6, 6.07) is 16.1. The molecule has 0 bridgehead atoms. The Morgan fingerprint density at radius 1 is 1.04 bits per heavy atom. The van der Waals surface area contributed by atoms with E-state index >= 15 is 0 Å². The quantitative estimate of drug-likeness (QED) is 0.464. The molecule has 1 N–H and O–H groups in total. The van der Waals surface area contributed by atoms with Gasteiger partial charge in [-0.25, -0.2) is 4.98 Å². The van der Waals surface area contributed by atoms with Crippen molar-refractivity contribution in [2.75, 3.05) is 19.8 Å². The molecule has 0 aliphatic carbocycles. The molecule has 8 heteroatoms. The third-order valence-electron chi connectivity index (χ3n) is 3.83. The fourth-order valence-corrected chi connectivity index (χ4v) is 2.48. The fourth-order valence-electron chi connectivity index (χ4n) is 2.48. The number of nitrogens with zero attached hydrogens (tertiary/aromatic N) is 2. The lowest BCUT2D eigenvalue weighted by atomic mass is 10.2. The third-order valence-corrected chi connectivity index (χ3v) is 3.83. The molecule has 0 atom stereocenters. The Labute approximate surface area is 160 Å². The van der Waals surface area contributed by atoms with Gasteiger partial charge in [0, 0.05) is 0 Å². The van der Waals surface area contributed by atoms with Crippen LogP contribution in [0.5, 0.6) is 5.75 Å². The SMILES string of the molecule is O=C(COC(=O)Cn1cnc2ccccc2c1=O)NCCOc1ccccc1. The molecule has 0 aliphatic heterocycles. The highest BCUT2D eigenvalue weighted by molar-refractivity contribution is 5.81. The second-order valence-corrected chi connectivity index (χ2v) is 5.87. The highest BCUT2D eigenvalue weighted by Crippen LogP contribution is 2.07. The van der Waals surface area contributed by atoms with Gasteiger partial charge >= 0.3 is 5.97 Å². The first-order valence-electron chi connectivity index (χ1n) is 8.68. The summed E-state index contributed by atoms with van der Waals surface area (Å²) in [7, 11) is 0. The summed E-state index contributed by atoms with van der Waals surface area (Å²) in [6.45, 7) is -0.178. The first kappa shape index (κ1) is 19.1. The van der Waals surface area contributed by atoms with Crippen LogP contribution in [-0.2, 0) is 20.9 Å². The fraction of sp³-hybridized carbons (Fsp3) is 0.200. The van der Waals surface area contributed by atoms with Crippen LogP contribution in [-0.4, -0.2) is 41.2 Å². The topological polar surface area (TPSA) is 99.5 Å². The van der Waals surface area contributed by atoms with E-state index in [1.165, 1.54) is 6.33 Å². The molecule has 1 aromatic heterocycles. The number of hydrogen-bond donors (Lipinski definition) is 1. The van der Waals surface area contributed by atoms with Crippen molar-refractivity contribution in [2.45, 2.75) is 6.54 Å². The maximum Gasteiger partial charge on any atom is 0.326 e. The first-order valence-corrected chi connectivity index (χ1v) is 8.68. The van der Waals surface area contributed by atoms with E-state index in [4.69, 9.17) is 9.47 Å². The number of para-hydroxylation sites is 2. The van der Waals surface area contributed by atoms with Crippen molar-refractivity contribution in [1.82, 2.24) is 14.9 Å². The molecule has 1 heterocycles. The van der Waals surface area contributed by atoms with Crippen LogP contribution in [0.3, 0.4) is 0 Å². The lowest BCUT2D eigenvalue weighted by molar-refractivity contribution is -0.149. The van der Waals surface area contributed by atoms with E-state index in [2.05, 4.69) is 10.3 Å². The summed E-state index contributed by atoms with van der Waals surface area (Å²) in [5.74, 6) is -0.443. The van der Waals surface area contributed by atoms with Gasteiger partial charge in [0.25, 0.3) is 11.5 Å². The van der Waals surface area contributed by atoms with E-state index < -0.39 is 18.5 Å². The molecular weight excluding hydrogens is 362 g/mol. The zero-order valence-corrected chi connectivity index (χ0v) is 15.0. The number of amides is 1. The molecule has 0 unspecified atom stereocenters. The number of carbonyl (C=O) groups is 2. The van der Waals surface area contributed by atoms with Gasteiger partial charge in [-0.15, -0.1) is 0 Å². The lowest BCUT2D eigenvalue weighted by Crippen LogP contribution is -2.33. The van der Waals surface area contributed by atoms with Crippen LogP contribution in [0.4, 0.5) is 0 Å². The number of carbonyl (C=O) groups excluding carboxylic acids is 2. The highest BCUT2D eigenvalue weighted by atomic mass is 16.5. The van der Waals surface area contributed by atoms with Crippen LogP contribution in [0.15, 0.2) is 65.7 Å². The monoisotopic (exact) mass is 381 g/mol. The van der Waals surface area contributed by atoms with Crippen LogP contribution in [0.1, 0.15) is 0 Å². The number of rotatable bonds is 8. The second kappa shape index (κ2) is 9.31. The minimum Gasteiger partial charge on any atom is -0.492 e. The molecule has 0 fully saturated rings. The van der Waals surface area contributed by atoms with E-state index in [0.717, 1.165) is 4.57 Å². The van der Waals surface area contributed by atoms with Gasteiger partial charge in [-0.3, -0.25) is 19.0 Å². The lowest BCUT2D eigenvalue weighted by Gasteiger charge is -2.09. The Hall–Kier alpha value is -3.68. The Bertz CT molecular complexity index is 1020. The average Bonchev–Trinajstić information content (AvgIpc) is 2.73. The van der Waals surface area contributed by atoms with Crippen molar-refractivity contribution in [1.29, 1.82) is 0 Å². The molecule has 3 rings (SSSR count). The maximum absolute atomic E-state index is 12.3. The second-order valence-electron chi connectivity index (χ2n) is 5.87. The smallest absolute Gasteiger partial charge is 0.326 e. The third kappa shape index (κ3) is 5.16. The molecule has 2 aromatic carbocycles. The highest BCUT2D eigenvalue weighted by Gasteiger charge is 2.11. The molecule has 1 amide bonds. The van der Waals surface area contributed by atoms with Crippen molar-refractivity contribution in [3.05, 3.63) is 71.3 Å². The normalized spacial score (nSPS) is 10.4. The zero-order chi connectivity index (χ0) is 19.8. The van der Waals surface area contributed by atoms with Gasteiger partial charge in [-0.1, -0.05) is 30.3 Å². The van der Waals surface area contributed by atoms with Crippen LogP contribution in [0, 0.1) is 0 Å². The van der Waals surface area contributed by atoms with Crippen LogP contribution >= 0.6 is 0 Å². The van der Waals surface area contributed by atoms with Gasteiger partial charge in [0.05, 0.1) is 23.8 Å². The molecule has 0 spiro atoms. The van der Waals surface area contributed by atoms with Crippen molar-refractivity contribution in [3.8, 4) is 5.75 Å². The van der Waals surface area contributed by atoms with Crippen LogP contribution in [0.2, 0.25) is 0 Å². The van der Waals surface area contributed by atoms with Crippen LogP contribution in [0.25, 0.3) is 10.9 Å². The van der Waals surface area contributed by atoms with Gasteiger partial charge in [0.15, 0.2) is 6.61 Å². The van der Waals surface area contributed by atoms with E-state index in [9.17, 15) is 14.4 Å². The summed E-state index contributed by atoms with van der Waals surface area (Å²) in [6.07, 6.45) is 1.28. The standard InChI is InChI=1S/C20H19N3O5/c24-18(21-10-11-27-15-6-2-1-3-7-15)13-28-19(25)12-23-14-22-17-9-5-4-8-16(17)20(23)26/h1-9,14H,10-13H2,(H,21,24). The number of aromatic nitrogens is 2. The Kier molecular flexibility index (Phi) is 6.35. The number of hydrogen-bond acceptors (Lipinski definition) is 6. The van der Waals surface area contributed by atoms with Crippen LogP contribution < -0.4 is 15.6 Å². The molecule has 144 valence electrons. The number of esters is 1. The number of fused-ring (bicyclic) bond motifs is 1. The predicted molar refractivity (Wildman–Crippen MR) is 102 cm³/mol. The molecule has 0 saturated heterocycles. The van der Waals surface area contributed by atoms with Crippen molar-refractivity contribution < 1.29 is 19.1 Å². The zero-order valence-electron chi connectivity index (χ0n) is 15.0. The maximum atomic E-state index is 12.3. The summed E-state index contributed by atoms with van der Waals surface area (Å²) in [5.41, 5.74) is 0.208. The summed E-state index contributed by atoms with van der Waals surface area (Å²) < 4.78 is 11.5. The summed E-state index contributed by atoms with van der Waals surface area (Å²) >= 11 is 0. The Morgan fingerprint density at radius 2 is 1.79 bits per heavy atom. The van der Waals surface area contributed by atoms with E-state index in [1.54, 1.807) is 24.3 Å². The molecular formula is C20H19N3O5. The molecule has 28 heavy (non-hydrogen) atoms. The number of ether oxygens (including phenoxy) is 2. The number of nitrogens with one attached hydrogen (secondary N) is 1. The van der Waals surface area contributed by atoms with Gasteiger partial charge < -0.3 is 14.8 Å². The number of benzene rings is 2. The first-order chi connectivity index (χ1) is 13.6. The summed E-state index contributed by atoms with van der Waals surface area (Å²) in [5, 5.41) is 3.00. The van der Waals surface area contributed by atoms with Gasteiger partial charge in [0.2, 0.25) is 0 Å².